The summed E-state index contributed by atoms with van der Waals surface area (Å²) in [5.41, 5.74) is 0.379. The van der Waals surface area contributed by atoms with Crippen LogP contribution in [0, 0.1) is 0 Å². The molecule has 0 radical (unpaired) electrons. The highest BCUT2D eigenvalue weighted by Crippen LogP contribution is 2.30. The molecule has 0 fully saturated rings. The number of rotatable bonds is 5. The highest BCUT2D eigenvalue weighted by atomic mass is 35.5. The van der Waals surface area contributed by atoms with Crippen LogP contribution in [0.3, 0.4) is 0 Å². The average molecular weight is 277 g/mol. The monoisotopic (exact) mass is 276 g/mol. The van der Waals surface area contributed by atoms with Crippen molar-refractivity contribution in [2.24, 2.45) is 0 Å². The third-order valence-electron chi connectivity index (χ3n) is 2.28. The SMILES string of the molecule is O=C(O)CCC(C(=O)O)c1ccc(Cl)cc1Cl. The van der Waals surface area contributed by atoms with Crippen LogP contribution < -0.4 is 0 Å². The van der Waals surface area contributed by atoms with E-state index in [4.69, 9.17) is 33.4 Å². The summed E-state index contributed by atoms with van der Waals surface area (Å²) >= 11 is 11.6. The summed E-state index contributed by atoms with van der Waals surface area (Å²) in [7, 11) is 0. The summed E-state index contributed by atoms with van der Waals surface area (Å²) in [6.45, 7) is 0. The van der Waals surface area contributed by atoms with Crippen molar-refractivity contribution in [3.05, 3.63) is 33.8 Å². The zero-order valence-electron chi connectivity index (χ0n) is 8.69. The molecule has 92 valence electrons. The second-order valence-corrected chi connectivity index (χ2v) is 4.33. The largest absolute Gasteiger partial charge is 0.481 e. The van der Waals surface area contributed by atoms with Crippen LogP contribution in [-0.4, -0.2) is 22.2 Å². The Labute approximate surface area is 108 Å². The van der Waals surface area contributed by atoms with E-state index in [1.165, 1.54) is 18.2 Å². The second kappa shape index (κ2) is 5.89. The fourth-order valence-corrected chi connectivity index (χ4v) is 2.00. The summed E-state index contributed by atoms with van der Waals surface area (Å²) in [5, 5.41) is 18.2. The van der Waals surface area contributed by atoms with Gasteiger partial charge in [0.1, 0.15) is 0 Å². The van der Waals surface area contributed by atoms with Crippen LogP contribution in [0.2, 0.25) is 10.0 Å². The van der Waals surface area contributed by atoms with Gasteiger partial charge in [-0.3, -0.25) is 9.59 Å². The van der Waals surface area contributed by atoms with Crippen molar-refractivity contribution in [1.29, 1.82) is 0 Å². The van der Waals surface area contributed by atoms with Gasteiger partial charge in [0.15, 0.2) is 0 Å². The molecule has 0 spiro atoms. The molecule has 0 aromatic heterocycles. The maximum absolute atomic E-state index is 11.1. The Morgan fingerprint density at radius 2 is 1.88 bits per heavy atom. The Morgan fingerprint density at radius 1 is 1.24 bits per heavy atom. The number of carbonyl (C=O) groups is 2. The predicted octanol–water partition coefficient (Wildman–Crippen LogP) is 3.03. The molecule has 1 unspecified atom stereocenters. The Morgan fingerprint density at radius 3 is 2.35 bits per heavy atom. The Hall–Kier alpha value is -1.26. The molecule has 4 nitrogen and oxygen atoms in total. The predicted molar refractivity (Wildman–Crippen MR) is 63.7 cm³/mol. The lowest BCUT2D eigenvalue weighted by Crippen LogP contribution is -2.13. The molecular formula is C11H10Cl2O4. The highest BCUT2D eigenvalue weighted by Gasteiger charge is 2.23. The van der Waals surface area contributed by atoms with Crippen LogP contribution >= 0.6 is 23.2 Å². The second-order valence-electron chi connectivity index (χ2n) is 3.49. The van der Waals surface area contributed by atoms with Gasteiger partial charge in [0.05, 0.1) is 5.92 Å². The first-order valence-corrected chi connectivity index (χ1v) is 5.57. The van der Waals surface area contributed by atoms with Crippen molar-refractivity contribution in [1.82, 2.24) is 0 Å². The first-order chi connectivity index (χ1) is 7.91. The number of benzene rings is 1. The van der Waals surface area contributed by atoms with E-state index in [9.17, 15) is 9.59 Å². The number of carboxylic acids is 2. The van der Waals surface area contributed by atoms with E-state index in [1.54, 1.807) is 0 Å². The van der Waals surface area contributed by atoms with E-state index in [-0.39, 0.29) is 17.9 Å². The maximum atomic E-state index is 11.1. The molecule has 1 aromatic rings. The molecule has 0 saturated carbocycles. The number of aliphatic carboxylic acids is 2. The van der Waals surface area contributed by atoms with Gasteiger partial charge in [-0.15, -0.1) is 0 Å². The van der Waals surface area contributed by atoms with E-state index in [2.05, 4.69) is 0 Å². The van der Waals surface area contributed by atoms with Crippen molar-refractivity contribution >= 4 is 35.1 Å². The fourth-order valence-electron chi connectivity index (χ4n) is 1.46. The van der Waals surface area contributed by atoms with Crippen molar-refractivity contribution in [2.75, 3.05) is 0 Å². The molecule has 1 atom stereocenters. The maximum Gasteiger partial charge on any atom is 0.311 e. The smallest absolute Gasteiger partial charge is 0.311 e. The number of hydrogen-bond acceptors (Lipinski definition) is 2. The Kier molecular flexibility index (Phi) is 4.78. The first kappa shape index (κ1) is 13.8. The lowest BCUT2D eigenvalue weighted by Gasteiger charge is -2.13. The zero-order valence-corrected chi connectivity index (χ0v) is 10.2. The molecule has 1 rings (SSSR count). The molecule has 2 N–H and O–H groups in total. The average Bonchev–Trinajstić information content (AvgIpc) is 2.20. The molecule has 1 aromatic carbocycles. The number of hydrogen-bond donors (Lipinski definition) is 2. The van der Waals surface area contributed by atoms with Crippen LogP contribution in [0.1, 0.15) is 24.3 Å². The van der Waals surface area contributed by atoms with Gasteiger partial charge in [-0.25, -0.2) is 0 Å². The van der Waals surface area contributed by atoms with Crippen molar-refractivity contribution in [3.8, 4) is 0 Å². The summed E-state index contributed by atoms with van der Waals surface area (Å²) in [6.07, 6.45) is -0.234. The van der Waals surface area contributed by atoms with Gasteiger partial charge in [0.25, 0.3) is 0 Å². The van der Waals surface area contributed by atoms with Gasteiger partial charge in [0.2, 0.25) is 0 Å². The van der Waals surface area contributed by atoms with Crippen LogP contribution in [0.25, 0.3) is 0 Å². The molecule has 0 bridgehead atoms. The molecule has 17 heavy (non-hydrogen) atoms. The summed E-state index contributed by atoms with van der Waals surface area (Å²) in [5.74, 6) is -3.08. The normalized spacial score (nSPS) is 12.1. The molecule has 0 amide bonds. The van der Waals surface area contributed by atoms with Crippen LogP contribution in [0.5, 0.6) is 0 Å². The fraction of sp³-hybridized carbons (Fsp3) is 0.273. The van der Waals surface area contributed by atoms with Crippen molar-refractivity contribution in [3.63, 3.8) is 0 Å². The topological polar surface area (TPSA) is 74.6 Å². The van der Waals surface area contributed by atoms with E-state index in [0.29, 0.717) is 10.6 Å². The third-order valence-corrected chi connectivity index (χ3v) is 2.85. The Bertz CT molecular complexity index is 445. The molecule has 0 saturated heterocycles. The molecular weight excluding hydrogens is 267 g/mol. The van der Waals surface area contributed by atoms with E-state index in [1.807, 2.05) is 0 Å². The highest BCUT2D eigenvalue weighted by molar-refractivity contribution is 6.35. The molecule has 0 aliphatic heterocycles. The van der Waals surface area contributed by atoms with Gasteiger partial charge >= 0.3 is 11.9 Å². The molecule has 0 aliphatic carbocycles. The standard InChI is InChI=1S/C11H10Cl2O4/c12-6-1-2-7(9(13)5-6)8(11(16)17)3-4-10(14)15/h1-2,5,8H,3-4H2,(H,14,15)(H,16,17). The lowest BCUT2D eigenvalue weighted by atomic mass is 9.94. The van der Waals surface area contributed by atoms with Crippen LogP contribution in [-0.2, 0) is 9.59 Å². The van der Waals surface area contributed by atoms with Crippen LogP contribution in [0.4, 0.5) is 0 Å². The minimum Gasteiger partial charge on any atom is -0.481 e. The van der Waals surface area contributed by atoms with Crippen LogP contribution in [0.15, 0.2) is 18.2 Å². The van der Waals surface area contributed by atoms with Gasteiger partial charge < -0.3 is 10.2 Å². The minimum absolute atomic E-state index is 0.00792. The zero-order chi connectivity index (χ0) is 13.0. The molecule has 0 heterocycles. The summed E-state index contributed by atoms with van der Waals surface area (Å²) < 4.78 is 0. The van der Waals surface area contributed by atoms with Gasteiger partial charge in [0, 0.05) is 16.5 Å². The van der Waals surface area contributed by atoms with Crippen molar-refractivity contribution < 1.29 is 19.8 Å². The lowest BCUT2D eigenvalue weighted by molar-refractivity contribution is -0.140. The first-order valence-electron chi connectivity index (χ1n) is 4.81. The van der Waals surface area contributed by atoms with Gasteiger partial charge in [-0.2, -0.15) is 0 Å². The summed E-state index contributed by atoms with van der Waals surface area (Å²) in [4.78, 5) is 21.5. The Balaban J connectivity index is 2.97. The molecule has 0 aliphatic rings. The van der Waals surface area contributed by atoms with Crippen molar-refractivity contribution in [2.45, 2.75) is 18.8 Å². The van der Waals surface area contributed by atoms with E-state index >= 15 is 0 Å². The van der Waals surface area contributed by atoms with E-state index < -0.39 is 17.9 Å². The number of halogens is 2. The third kappa shape index (κ3) is 3.91. The summed E-state index contributed by atoms with van der Waals surface area (Å²) in [6, 6.07) is 4.47. The minimum atomic E-state index is -1.10. The quantitative estimate of drug-likeness (QED) is 0.867. The molecule has 6 heteroatoms. The number of carboxylic acid groups (broad SMARTS) is 2. The van der Waals surface area contributed by atoms with Gasteiger partial charge in [-0.1, -0.05) is 29.3 Å². The van der Waals surface area contributed by atoms with E-state index in [0.717, 1.165) is 0 Å². The van der Waals surface area contributed by atoms with Gasteiger partial charge in [-0.05, 0) is 24.1 Å².